The smallest absolute Gasteiger partial charge is 0.307 e. The summed E-state index contributed by atoms with van der Waals surface area (Å²) in [6, 6.07) is 0.206. The van der Waals surface area contributed by atoms with Crippen LogP contribution in [0.25, 0.3) is 0 Å². The molecule has 0 aliphatic heterocycles. The van der Waals surface area contributed by atoms with Gasteiger partial charge in [0.15, 0.2) is 0 Å². The highest BCUT2D eigenvalue weighted by molar-refractivity contribution is 5.89. The number of hydrogen-bond donors (Lipinski definition) is 2. The molecule has 0 aromatic carbocycles. The van der Waals surface area contributed by atoms with Crippen LogP contribution < -0.4 is 5.32 Å². The Morgan fingerprint density at radius 2 is 2.07 bits per heavy atom. The van der Waals surface area contributed by atoms with Crippen LogP contribution in [0.15, 0.2) is 12.2 Å². The Balaban J connectivity index is 1.78. The minimum atomic E-state index is -0.848. The van der Waals surface area contributed by atoms with Crippen molar-refractivity contribution in [1.82, 2.24) is 5.32 Å². The average Bonchev–Trinajstić information content (AvgIpc) is 2.98. The molecule has 4 heteroatoms. The second-order valence-corrected chi connectivity index (χ2v) is 4.28. The Bertz CT molecular complexity index is 311. The van der Waals surface area contributed by atoms with E-state index < -0.39 is 11.9 Å². The summed E-state index contributed by atoms with van der Waals surface area (Å²) >= 11 is 0. The van der Waals surface area contributed by atoms with Crippen LogP contribution in [-0.4, -0.2) is 23.0 Å². The number of allylic oxidation sites excluding steroid dienone is 1. The number of amides is 1. The molecular formula is C11H15NO3. The number of carbonyl (C=O) groups excluding carboxylic acids is 1. The van der Waals surface area contributed by atoms with Gasteiger partial charge in [-0.05, 0) is 25.7 Å². The van der Waals surface area contributed by atoms with Crippen LogP contribution in [0.3, 0.4) is 0 Å². The highest BCUT2D eigenvalue weighted by Crippen LogP contribution is 2.38. The first-order chi connectivity index (χ1) is 7.18. The third kappa shape index (κ3) is 2.37. The summed E-state index contributed by atoms with van der Waals surface area (Å²) in [6.07, 6.45) is 7.51. The van der Waals surface area contributed by atoms with Crippen molar-refractivity contribution >= 4 is 11.9 Å². The quantitative estimate of drug-likeness (QED) is 0.679. The third-order valence-corrected chi connectivity index (χ3v) is 3.06. The molecule has 0 saturated heterocycles. The fourth-order valence-corrected chi connectivity index (χ4v) is 1.99. The molecule has 0 bridgehead atoms. The summed E-state index contributed by atoms with van der Waals surface area (Å²) in [6.45, 7) is 0. The largest absolute Gasteiger partial charge is 0.481 e. The van der Waals surface area contributed by atoms with Crippen LogP contribution in [0, 0.1) is 11.8 Å². The number of carbonyl (C=O) groups is 2. The molecule has 82 valence electrons. The van der Waals surface area contributed by atoms with E-state index in [0.29, 0.717) is 6.42 Å². The molecule has 3 unspecified atom stereocenters. The Hall–Kier alpha value is -1.32. The van der Waals surface area contributed by atoms with Gasteiger partial charge in [0, 0.05) is 6.04 Å². The molecule has 3 atom stereocenters. The zero-order valence-electron chi connectivity index (χ0n) is 8.48. The van der Waals surface area contributed by atoms with E-state index in [9.17, 15) is 9.59 Å². The van der Waals surface area contributed by atoms with Gasteiger partial charge in [0.05, 0.1) is 11.8 Å². The Kier molecular flexibility index (Phi) is 2.75. The number of aliphatic carboxylic acids is 1. The summed E-state index contributed by atoms with van der Waals surface area (Å²) in [5.41, 5.74) is 0. The zero-order valence-corrected chi connectivity index (χ0v) is 8.48. The lowest BCUT2D eigenvalue weighted by molar-refractivity contribution is -0.140. The van der Waals surface area contributed by atoms with Gasteiger partial charge in [0.25, 0.3) is 0 Å². The van der Waals surface area contributed by atoms with Crippen molar-refractivity contribution in [2.75, 3.05) is 0 Å². The molecule has 15 heavy (non-hydrogen) atoms. The van der Waals surface area contributed by atoms with Gasteiger partial charge in [-0.3, -0.25) is 9.59 Å². The lowest BCUT2D eigenvalue weighted by Crippen LogP contribution is -2.36. The fourth-order valence-electron chi connectivity index (χ4n) is 1.99. The first-order valence-electron chi connectivity index (χ1n) is 5.36. The second-order valence-electron chi connectivity index (χ2n) is 4.28. The molecule has 4 nitrogen and oxygen atoms in total. The van der Waals surface area contributed by atoms with E-state index >= 15 is 0 Å². The van der Waals surface area contributed by atoms with E-state index in [1.165, 1.54) is 0 Å². The van der Waals surface area contributed by atoms with Gasteiger partial charge >= 0.3 is 5.97 Å². The third-order valence-electron chi connectivity index (χ3n) is 3.06. The van der Waals surface area contributed by atoms with E-state index in [0.717, 1.165) is 19.3 Å². The van der Waals surface area contributed by atoms with E-state index in [4.69, 9.17) is 5.11 Å². The molecule has 1 fully saturated rings. The second kappa shape index (κ2) is 4.04. The molecule has 2 aliphatic rings. The molecule has 2 N–H and O–H groups in total. The maximum absolute atomic E-state index is 11.6. The van der Waals surface area contributed by atoms with Crippen molar-refractivity contribution in [1.29, 1.82) is 0 Å². The van der Waals surface area contributed by atoms with Gasteiger partial charge in [-0.25, -0.2) is 0 Å². The zero-order chi connectivity index (χ0) is 10.8. The van der Waals surface area contributed by atoms with Crippen LogP contribution in [0.4, 0.5) is 0 Å². The first-order valence-corrected chi connectivity index (χ1v) is 5.36. The van der Waals surface area contributed by atoms with Crippen molar-refractivity contribution in [3.8, 4) is 0 Å². The molecule has 2 aliphatic carbocycles. The molecule has 0 radical (unpaired) electrons. The summed E-state index contributed by atoms with van der Waals surface area (Å²) in [5, 5.41) is 11.6. The lowest BCUT2D eigenvalue weighted by Gasteiger charge is -2.19. The summed E-state index contributed by atoms with van der Waals surface area (Å²) < 4.78 is 0. The fraction of sp³-hybridized carbons (Fsp3) is 0.636. The van der Waals surface area contributed by atoms with E-state index in [2.05, 4.69) is 17.5 Å². The van der Waals surface area contributed by atoms with Crippen molar-refractivity contribution in [3.63, 3.8) is 0 Å². The molecule has 0 aromatic heterocycles. The maximum Gasteiger partial charge on any atom is 0.307 e. The van der Waals surface area contributed by atoms with Crippen molar-refractivity contribution < 1.29 is 14.7 Å². The average molecular weight is 209 g/mol. The van der Waals surface area contributed by atoms with Crippen molar-refractivity contribution in [2.24, 2.45) is 11.8 Å². The number of hydrogen-bond acceptors (Lipinski definition) is 2. The van der Waals surface area contributed by atoms with Crippen molar-refractivity contribution in [3.05, 3.63) is 12.2 Å². The Morgan fingerprint density at radius 1 is 1.27 bits per heavy atom. The van der Waals surface area contributed by atoms with E-state index in [-0.39, 0.29) is 17.9 Å². The number of carboxylic acid groups (broad SMARTS) is 1. The van der Waals surface area contributed by atoms with E-state index in [1.54, 1.807) is 0 Å². The standard InChI is InChI=1S/C11H15NO3/c13-10(8-6-9(8)11(14)15)12-7-4-2-1-3-5-7/h1-2,7-9H,3-6H2,(H,12,13)(H,14,15). The van der Waals surface area contributed by atoms with Crippen LogP contribution in [0.2, 0.25) is 0 Å². The monoisotopic (exact) mass is 209 g/mol. The minimum Gasteiger partial charge on any atom is -0.481 e. The number of nitrogens with one attached hydrogen (secondary N) is 1. The molecule has 0 heterocycles. The summed E-state index contributed by atoms with van der Waals surface area (Å²) in [4.78, 5) is 22.2. The predicted molar refractivity (Wildman–Crippen MR) is 54.2 cm³/mol. The predicted octanol–water partition coefficient (Wildman–Crippen LogP) is 0.932. The summed E-state index contributed by atoms with van der Waals surface area (Å²) in [7, 11) is 0. The normalized spacial score (nSPS) is 33.5. The minimum absolute atomic E-state index is 0.0808. The molecule has 0 aromatic rings. The van der Waals surface area contributed by atoms with Crippen LogP contribution >= 0.6 is 0 Å². The van der Waals surface area contributed by atoms with Crippen molar-refractivity contribution in [2.45, 2.75) is 31.7 Å². The highest BCUT2D eigenvalue weighted by Gasteiger charge is 2.48. The van der Waals surface area contributed by atoms with Crippen LogP contribution in [0.1, 0.15) is 25.7 Å². The van der Waals surface area contributed by atoms with Gasteiger partial charge < -0.3 is 10.4 Å². The van der Waals surface area contributed by atoms with Crippen LogP contribution in [0.5, 0.6) is 0 Å². The molecule has 0 spiro atoms. The van der Waals surface area contributed by atoms with Gasteiger partial charge in [-0.1, -0.05) is 12.2 Å². The number of rotatable bonds is 3. The maximum atomic E-state index is 11.6. The highest BCUT2D eigenvalue weighted by atomic mass is 16.4. The number of carboxylic acids is 1. The molecular weight excluding hydrogens is 194 g/mol. The lowest BCUT2D eigenvalue weighted by atomic mass is 10.0. The van der Waals surface area contributed by atoms with Gasteiger partial charge in [0.1, 0.15) is 0 Å². The van der Waals surface area contributed by atoms with E-state index in [1.807, 2.05) is 0 Å². The summed E-state index contributed by atoms with van der Waals surface area (Å²) in [5.74, 6) is -1.65. The topological polar surface area (TPSA) is 66.4 Å². The van der Waals surface area contributed by atoms with Gasteiger partial charge in [-0.2, -0.15) is 0 Å². The van der Waals surface area contributed by atoms with Crippen LogP contribution in [-0.2, 0) is 9.59 Å². The Morgan fingerprint density at radius 3 is 2.60 bits per heavy atom. The molecule has 1 amide bonds. The van der Waals surface area contributed by atoms with Gasteiger partial charge in [-0.15, -0.1) is 0 Å². The molecule has 2 rings (SSSR count). The SMILES string of the molecule is O=C(O)C1CC1C(=O)NC1CC=CCC1. The van der Waals surface area contributed by atoms with Gasteiger partial charge in [0.2, 0.25) is 5.91 Å². The Labute approximate surface area is 88.4 Å². The first kappa shape index (κ1) is 10.2. The molecule has 1 saturated carbocycles.